The average molecular weight is 329 g/mol. The molecule has 124 valence electrons. The molecule has 0 N–H and O–H groups in total. The summed E-state index contributed by atoms with van der Waals surface area (Å²) in [6.07, 6.45) is 2.91. The van der Waals surface area contributed by atoms with Gasteiger partial charge in [0.25, 0.3) is 0 Å². The fourth-order valence-corrected chi connectivity index (χ4v) is 3.02. The smallest absolute Gasteiger partial charge is 0.237 e. The summed E-state index contributed by atoms with van der Waals surface area (Å²) in [6, 6.07) is 0.0995. The van der Waals surface area contributed by atoms with Crippen molar-refractivity contribution in [3.05, 3.63) is 11.6 Å². The summed E-state index contributed by atoms with van der Waals surface area (Å²) in [4.78, 5) is 18.3. The van der Waals surface area contributed by atoms with Gasteiger partial charge in [0, 0.05) is 20.1 Å². The predicted molar refractivity (Wildman–Crippen MR) is 81.8 cm³/mol. The zero-order valence-electron chi connectivity index (χ0n) is 13.5. The molecule has 1 aliphatic rings. The minimum absolute atomic E-state index is 0.0995. The van der Waals surface area contributed by atoms with Crippen LogP contribution in [0.2, 0.25) is 0 Å². The van der Waals surface area contributed by atoms with Gasteiger partial charge in [-0.05, 0) is 26.7 Å². The molecule has 1 fully saturated rings. The number of aromatic nitrogens is 3. The molecule has 8 nitrogen and oxygen atoms in total. The number of carbonyl (C=O) groups is 1. The SMILES string of the molecule is Cc1nc(C)n([C@H]2CCCN(C(=O)CN(C)S(C)(=O)=O)C2)n1. The molecule has 0 aliphatic carbocycles. The molecule has 1 saturated heterocycles. The van der Waals surface area contributed by atoms with E-state index < -0.39 is 10.0 Å². The normalized spacial score (nSPS) is 19.7. The van der Waals surface area contributed by atoms with Crippen LogP contribution in [-0.2, 0) is 14.8 Å². The third-order valence-electron chi connectivity index (χ3n) is 3.93. The second kappa shape index (κ2) is 6.33. The van der Waals surface area contributed by atoms with Gasteiger partial charge in [-0.1, -0.05) is 0 Å². The Morgan fingerprint density at radius 2 is 2.09 bits per heavy atom. The minimum Gasteiger partial charge on any atom is -0.339 e. The number of likely N-dealkylation sites (tertiary alicyclic amines) is 1. The Morgan fingerprint density at radius 3 is 2.64 bits per heavy atom. The quantitative estimate of drug-likeness (QED) is 0.773. The van der Waals surface area contributed by atoms with Crippen molar-refractivity contribution in [1.29, 1.82) is 0 Å². The van der Waals surface area contributed by atoms with Crippen LogP contribution in [0, 0.1) is 13.8 Å². The molecule has 0 saturated carbocycles. The zero-order chi connectivity index (χ0) is 16.5. The van der Waals surface area contributed by atoms with Crippen LogP contribution in [-0.4, -0.2) is 71.2 Å². The molecule has 0 aromatic carbocycles. The van der Waals surface area contributed by atoms with Crippen molar-refractivity contribution in [1.82, 2.24) is 24.0 Å². The molecule has 0 bridgehead atoms. The summed E-state index contributed by atoms with van der Waals surface area (Å²) in [5.74, 6) is 1.38. The highest BCUT2D eigenvalue weighted by molar-refractivity contribution is 7.88. The number of piperidine rings is 1. The number of hydrogen-bond acceptors (Lipinski definition) is 5. The van der Waals surface area contributed by atoms with Gasteiger partial charge < -0.3 is 4.90 Å². The van der Waals surface area contributed by atoms with Crippen LogP contribution in [0.15, 0.2) is 0 Å². The Morgan fingerprint density at radius 1 is 1.41 bits per heavy atom. The number of likely N-dealkylation sites (N-methyl/N-ethyl adjacent to an activating group) is 1. The van der Waals surface area contributed by atoms with Crippen LogP contribution < -0.4 is 0 Å². The molecule has 22 heavy (non-hydrogen) atoms. The van der Waals surface area contributed by atoms with Crippen LogP contribution in [0.1, 0.15) is 30.5 Å². The van der Waals surface area contributed by atoms with Gasteiger partial charge in [-0.2, -0.15) is 9.40 Å². The first kappa shape index (κ1) is 16.9. The van der Waals surface area contributed by atoms with Crippen molar-refractivity contribution in [3.63, 3.8) is 0 Å². The average Bonchev–Trinajstić information content (AvgIpc) is 2.76. The van der Waals surface area contributed by atoms with Crippen molar-refractivity contribution in [3.8, 4) is 0 Å². The van der Waals surface area contributed by atoms with E-state index in [2.05, 4.69) is 10.1 Å². The van der Waals surface area contributed by atoms with E-state index in [0.717, 1.165) is 35.1 Å². The number of carbonyl (C=O) groups excluding carboxylic acids is 1. The van der Waals surface area contributed by atoms with Gasteiger partial charge in [0.15, 0.2) is 0 Å². The van der Waals surface area contributed by atoms with Crippen molar-refractivity contribution >= 4 is 15.9 Å². The molecule has 1 aromatic rings. The lowest BCUT2D eigenvalue weighted by molar-refractivity contribution is -0.132. The molecule has 0 radical (unpaired) electrons. The molecular weight excluding hydrogens is 306 g/mol. The second-order valence-corrected chi connectivity index (χ2v) is 7.90. The Labute approximate surface area is 131 Å². The Bertz CT molecular complexity index is 655. The lowest BCUT2D eigenvalue weighted by Crippen LogP contribution is -2.46. The summed E-state index contributed by atoms with van der Waals surface area (Å²) in [5.41, 5.74) is 0. The van der Waals surface area contributed by atoms with Crippen LogP contribution in [0.5, 0.6) is 0 Å². The summed E-state index contributed by atoms with van der Waals surface area (Å²) in [7, 11) is -1.93. The number of nitrogens with zero attached hydrogens (tertiary/aromatic N) is 5. The largest absolute Gasteiger partial charge is 0.339 e. The van der Waals surface area contributed by atoms with Crippen LogP contribution in [0.4, 0.5) is 0 Å². The molecule has 1 amide bonds. The summed E-state index contributed by atoms with van der Waals surface area (Å²) >= 11 is 0. The highest BCUT2D eigenvalue weighted by atomic mass is 32.2. The topological polar surface area (TPSA) is 88.4 Å². The fourth-order valence-electron chi connectivity index (χ4n) is 2.67. The molecule has 1 aromatic heterocycles. The highest BCUT2D eigenvalue weighted by Gasteiger charge is 2.28. The maximum atomic E-state index is 12.3. The number of amides is 1. The van der Waals surface area contributed by atoms with Crippen molar-refractivity contribution in [2.24, 2.45) is 0 Å². The summed E-state index contributed by atoms with van der Waals surface area (Å²) < 4.78 is 25.8. The van der Waals surface area contributed by atoms with E-state index in [9.17, 15) is 13.2 Å². The maximum absolute atomic E-state index is 12.3. The zero-order valence-corrected chi connectivity index (χ0v) is 14.3. The van der Waals surface area contributed by atoms with E-state index in [-0.39, 0.29) is 18.5 Å². The third kappa shape index (κ3) is 3.83. The third-order valence-corrected chi connectivity index (χ3v) is 5.19. The van der Waals surface area contributed by atoms with E-state index in [4.69, 9.17) is 0 Å². The van der Waals surface area contributed by atoms with Crippen LogP contribution in [0.3, 0.4) is 0 Å². The monoisotopic (exact) mass is 329 g/mol. The summed E-state index contributed by atoms with van der Waals surface area (Å²) in [5, 5.41) is 4.39. The molecule has 0 unspecified atom stereocenters. The number of sulfonamides is 1. The maximum Gasteiger partial charge on any atom is 0.237 e. The van der Waals surface area contributed by atoms with Gasteiger partial charge in [-0.15, -0.1) is 0 Å². The molecule has 1 aliphatic heterocycles. The van der Waals surface area contributed by atoms with Gasteiger partial charge in [0.1, 0.15) is 11.6 Å². The molecule has 0 spiro atoms. The fraction of sp³-hybridized carbons (Fsp3) is 0.769. The number of aryl methyl sites for hydroxylation is 2. The summed E-state index contributed by atoms with van der Waals surface area (Å²) in [6.45, 7) is 4.81. The van der Waals surface area contributed by atoms with E-state index in [1.807, 2.05) is 18.5 Å². The molecule has 2 rings (SSSR count). The van der Waals surface area contributed by atoms with Gasteiger partial charge in [-0.3, -0.25) is 4.79 Å². The Hall–Kier alpha value is -1.48. The first-order chi connectivity index (χ1) is 10.2. The van der Waals surface area contributed by atoms with Gasteiger partial charge in [-0.25, -0.2) is 18.1 Å². The van der Waals surface area contributed by atoms with Crippen molar-refractivity contribution in [2.45, 2.75) is 32.7 Å². The van der Waals surface area contributed by atoms with Crippen molar-refractivity contribution in [2.75, 3.05) is 32.9 Å². The first-order valence-electron chi connectivity index (χ1n) is 7.27. The van der Waals surface area contributed by atoms with E-state index in [0.29, 0.717) is 13.1 Å². The molecule has 9 heteroatoms. The van der Waals surface area contributed by atoms with Crippen LogP contribution in [0.25, 0.3) is 0 Å². The molecular formula is C13H23N5O3S. The number of rotatable bonds is 4. The standard InChI is InChI=1S/C13H23N5O3S/c1-10-14-11(2)18(15-10)12-6-5-7-17(8-12)13(19)9-16(3)22(4,20)21/h12H,5-9H2,1-4H3/t12-/m0/s1. The second-order valence-electron chi connectivity index (χ2n) is 5.81. The minimum atomic E-state index is -3.35. The Kier molecular flexibility index (Phi) is 4.86. The molecule has 1 atom stereocenters. The van der Waals surface area contributed by atoms with E-state index in [1.54, 1.807) is 4.90 Å². The van der Waals surface area contributed by atoms with Gasteiger partial charge >= 0.3 is 0 Å². The Balaban J connectivity index is 2.04. The van der Waals surface area contributed by atoms with E-state index in [1.165, 1.54) is 7.05 Å². The highest BCUT2D eigenvalue weighted by Crippen LogP contribution is 2.22. The van der Waals surface area contributed by atoms with Gasteiger partial charge in [0.2, 0.25) is 15.9 Å². The van der Waals surface area contributed by atoms with Crippen molar-refractivity contribution < 1.29 is 13.2 Å². The lowest BCUT2D eigenvalue weighted by Gasteiger charge is -2.33. The van der Waals surface area contributed by atoms with Gasteiger partial charge in [0.05, 0.1) is 18.8 Å². The molecule has 2 heterocycles. The van der Waals surface area contributed by atoms with E-state index >= 15 is 0 Å². The van der Waals surface area contributed by atoms with Crippen LogP contribution >= 0.6 is 0 Å². The lowest BCUT2D eigenvalue weighted by atomic mass is 10.1. The first-order valence-corrected chi connectivity index (χ1v) is 9.12. The number of hydrogen-bond donors (Lipinski definition) is 0. The predicted octanol–water partition coefficient (Wildman–Crippen LogP) is -0.0502.